The number of hydrogen-bond acceptors (Lipinski definition) is 2. The molecule has 0 heterocycles. The molecule has 0 aliphatic rings. The topological polar surface area (TPSA) is 66.4 Å². The number of amides is 1. The van der Waals surface area contributed by atoms with Gasteiger partial charge in [0.1, 0.15) is 0 Å². The highest BCUT2D eigenvalue weighted by Gasteiger charge is 2.10. The molecule has 0 saturated heterocycles. The molecule has 6 heteroatoms. The van der Waals surface area contributed by atoms with Crippen LogP contribution in [0.15, 0.2) is 18.2 Å². The molecule has 1 amide bonds. The Hall–Kier alpha value is -1.98. The first-order chi connectivity index (χ1) is 8.88. The van der Waals surface area contributed by atoms with Crippen LogP contribution < -0.4 is 5.32 Å². The van der Waals surface area contributed by atoms with Gasteiger partial charge in [-0.25, -0.2) is 8.78 Å². The highest BCUT2D eigenvalue weighted by Crippen LogP contribution is 2.09. The number of carboxylic acids is 1. The lowest BCUT2D eigenvalue weighted by atomic mass is 10.1. The number of halogens is 2. The molecule has 1 aromatic carbocycles. The van der Waals surface area contributed by atoms with Crippen LogP contribution in [-0.4, -0.2) is 23.5 Å². The van der Waals surface area contributed by atoms with Crippen LogP contribution in [0.2, 0.25) is 0 Å². The number of carbonyl (C=O) groups excluding carboxylic acids is 1. The van der Waals surface area contributed by atoms with Crippen LogP contribution in [0.1, 0.15) is 18.9 Å². The zero-order valence-electron chi connectivity index (χ0n) is 10.5. The summed E-state index contributed by atoms with van der Waals surface area (Å²) in [6, 6.07) is 3.26. The van der Waals surface area contributed by atoms with Crippen molar-refractivity contribution in [2.75, 3.05) is 6.54 Å². The summed E-state index contributed by atoms with van der Waals surface area (Å²) in [6.07, 6.45) is -0.109. The molecule has 0 aromatic heterocycles. The number of nitrogens with one attached hydrogen (secondary N) is 1. The van der Waals surface area contributed by atoms with E-state index in [4.69, 9.17) is 5.11 Å². The summed E-state index contributed by atoms with van der Waals surface area (Å²) in [7, 11) is 0. The number of hydrogen-bond donors (Lipinski definition) is 2. The Balaban J connectivity index is 2.42. The summed E-state index contributed by atoms with van der Waals surface area (Å²) in [5.41, 5.74) is 0.363. The van der Waals surface area contributed by atoms with E-state index in [0.717, 1.165) is 12.1 Å². The van der Waals surface area contributed by atoms with Gasteiger partial charge in [0, 0.05) is 13.0 Å². The highest BCUT2D eigenvalue weighted by molar-refractivity contribution is 5.78. The van der Waals surface area contributed by atoms with Gasteiger partial charge in [-0.2, -0.15) is 0 Å². The van der Waals surface area contributed by atoms with Crippen LogP contribution in [0.25, 0.3) is 0 Å². The summed E-state index contributed by atoms with van der Waals surface area (Å²) in [5, 5.41) is 11.1. The molecule has 4 nitrogen and oxygen atoms in total. The first kappa shape index (κ1) is 15.1. The van der Waals surface area contributed by atoms with Crippen molar-refractivity contribution in [3.8, 4) is 0 Å². The number of carbonyl (C=O) groups is 2. The van der Waals surface area contributed by atoms with Crippen molar-refractivity contribution in [1.29, 1.82) is 0 Å². The van der Waals surface area contributed by atoms with E-state index in [1.807, 2.05) is 0 Å². The van der Waals surface area contributed by atoms with Crippen molar-refractivity contribution < 1.29 is 23.5 Å². The maximum absolute atomic E-state index is 12.9. The van der Waals surface area contributed by atoms with E-state index >= 15 is 0 Å². The van der Waals surface area contributed by atoms with Crippen LogP contribution >= 0.6 is 0 Å². The van der Waals surface area contributed by atoms with Gasteiger partial charge in [-0.15, -0.1) is 0 Å². The Kier molecular flexibility index (Phi) is 5.41. The molecule has 2 N–H and O–H groups in total. The van der Waals surface area contributed by atoms with E-state index in [-0.39, 0.29) is 31.2 Å². The average Bonchev–Trinajstić information content (AvgIpc) is 2.30. The summed E-state index contributed by atoms with van der Waals surface area (Å²) in [5.74, 6) is -3.43. The lowest BCUT2D eigenvalue weighted by Crippen LogP contribution is -2.30. The Labute approximate surface area is 109 Å². The molecule has 0 bridgehead atoms. The Bertz CT molecular complexity index is 477. The molecule has 1 atom stereocenters. The molecule has 1 unspecified atom stereocenters. The van der Waals surface area contributed by atoms with Crippen molar-refractivity contribution in [1.82, 2.24) is 5.32 Å². The lowest BCUT2D eigenvalue weighted by Gasteiger charge is -2.10. The summed E-state index contributed by atoms with van der Waals surface area (Å²) >= 11 is 0. The van der Waals surface area contributed by atoms with Crippen molar-refractivity contribution in [3.63, 3.8) is 0 Å². The number of rotatable bonds is 6. The zero-order valence-corrected chi connectivity index (χ0v) is 10.5. The molecule has 0 spiro atoms. The smallest absolute Gasteiger partial charge is 0.303 e. The molecule has 0 aliphatic carbocycles. The normalized spacial score (nSPS) is 11.9. The van der Waals surface area contributed by atoms with Gasteiger partial charge >= 0.3 is 5.97 Å². The fourth-order valence-corrected chi connectivity index (χ4v) is 1.56. The minimum absolute atomic E-state index is 0.0363. The highest BCUT2D eigenvalue weighted by atomic mass is 19.2. The van der Waals surface area contributed by atoms with Gasteiger partial charge in [0.25, 0.3) is 0 Å². The maximum Gasteiger partial charge on any atom is 0.303 e. The number of aliphatic carboxylic acids is 1. The first-order valence-electron chi connectivity index (χ1n) is 5.81. The SMILES string of the molecule is CC(CNC(=O)Cc1ccc(F)c(F)c1)CC(=O)O. The monoisotopic (exact) mass is 271 g/mol. The van der Waals surface area contributed by atoms with Crippen molar-refractivity contribution >= 4 is 11.9 Å². The Morgan fingerprint density at radius 2 is 2.00 bits per heavy atom. The largest absolute Gasteiger partial charge is 0.481 e. The van der Waals surface area contributed by atoms with E-state index in [1.165, 1.54) is 6.07 Å². The van der Waals surface area contributed by atoms with Crippen LogP contribution in [-0.2, 0) is 16.0 Å². The Morgan fingerprint density at radius 3 is 2.58 bits per heavy atom. The molecule has 0 aliphatic heterocycles. The fraction of sp³-hybridized carbons (Fsp3) is 0.385. The van der Waals surface area contributed by atoms with Gasteiger partial charge in [0.05, 0.1) is 6.42 Å². The summed E-state index contributed by atoms with van der Waals surface area (Å²) < 4.78 is 25.6. The van der Waals surface area contributed by atoms with Gasteiger partial charge in [0.15, 0.2) is 11.6 Å². The second-order valence-corrected chi connectivity index (χ2v) is 4.43. The van der Waals surface area contributed by atoms with Gasteiger partial charge in [0.2, 0.25) is 5.91 Å². The van der Waals surface area contributed by atoms with Crippen LogP contribution in [0.3, 0.4) is 0 Å². The third-order valence-electron chi connectivity index (χ3n) is 2.52. The van der Waals surface area contributed by atoms with Crippen molar-refractivity contribution in [2.24, 2.45) is 5.92 Å². The minimum atomic E-state index is -0.996. The van der Waals surface area contributed by atoms with E-state index in [0.29, 0.717) is 5.56 Å². The minimum Gasteiger partial charge on any atom is -0.481 e. The number of benzene rings is 1. The second-order valence-electron chi connectivity index (χ2n) is 4.43. The molecule has 0 radical (unpaired) electrons. The fourth-order valence-electron chi connectivity index (χ4n) is 1.56. The predicted molar refractivity (Wildman–Crippen MR) is 64.5 cm³/mol. The predicted octanol–water partition coefficient (Wildman–Crippen LogP) is 1.73. The van der Waals surface area contributed by atoms with Crippen molar-refractivity contribution in [3.05, 3.63) is 35.4 Å². The molecule has 1 rings (SSSR count). The third kappa shape index (κ3) is 5.46. The lowest BCUT2D eigenvalue weighted by molar-refractivity contribution is -0.138. The van der Waals surface area contributed by atoms with Crippen LogP contribution in [0, 0.1) is 17.6 Å². The zero-order chi connectivity index (χ0) is 14.4. The Morgan fingerprint density at radius 1 is 1.32 bits per heavy atom. The first-order valence-corrected chi connectivity index (χ1v) is 5.81. The molecule has 0 fully saturated rings. The average molecular weight is 271 g/mol. The van der Waals surface area contributed by atoms with Gasteiger partial charge in [-0.3, -0.25) is 9.59 Å². The second kappa shape index (κ2) is 6.82. The van der Waals surface area contributed by atoms with E-state index in [2.05, 4.69) is 5.32 Å². The summed E-state index contributed by atoms with van der Waals surface area (Å²) in [6.45, 7) is 1.93. The molecule has 104 valence electrons. The third-order valence-corrected chi connectivity index (χ3v) is 2.52. The standard InChI is InChI=1S/C13H15F2NO3/c1-8(4-13(18)19)7-16-12(17)6-9-2-3-10(14)11(15)5-9/h2-3,5,8H,4,6-7H2,1H3,(H,16,17)(H,18,19). The maximum atomic E-state index is 12.9. The molecule has 1 aromatic rings. The summed E-state index contributed by atoms with van der Waals surface area (Å²) in [4.78, 5) is 21.9. The van der Waals surface area contributed by atoms with Gasteiger partial charge in [-0.05, 0) is 23.6 Å². The number of carboxylic acid groups (broad SMARTS) is 1. The molecule has 0 saturated carbocycles. The van der Waals surface area contributed by atoms with Gasteiger partial charge < -0.3 is 10.4 Å². The van der Waals surface area contributed by atoms with E-state index in [9.17, 15) is 18.4 Å². The quantitative estimate of drug-likeness (QED) is 0.828. The molecular weight excluding hydrogens is 256 g/mol. The van der Waals surface area contributed by atoms with E-state index < -0.39 is 17.6 Å². The van der Waals surface area contributed by atoms with E-state index in [1.54, 1.807) is 6.92 Å². The van der Waals surface area contributed by atoms with Crippen molar-refractivity contribution in [2.45, 2.75) is 19.8 Å². The van der Waals surface area contributed by atoms with Crippen LogP contribution in [0.5, 0.6) is 0 Å². The molecular formula is C13H15F2NO3. The van der Waals surface area contributed by atoms with Crippen LogP contribution in [0.4, 0.5) is 8.78 Å². The molecule has 19 heavy (non-hydrogen) atoms. The van der Waals surface area contributed by atoms with Gasteiger partial charge in [-0.1, -0.05) is 13.0 Å².